The lowest BCUT2D eigenvalue weighted by Gasteiger charge is -2.31. The van der Waals surface area contributed by atoms with Crippen molar-refractivity contribution in [3.63, 3.8) is 0 Å². The minimum absolute atomic E-state index is 0.408. The molecule has 0 fully saturated rings. The van der Waals surface area contributed by atoms with Gasteiger partial charge in [0, 0.05) is 11.1 Å². The Morgan fingerprint density at radius 3 is 3.00 bits per heavy atom. The zero-order chi connectivity index (χ0) is 9.47. The molecule has 0 aliphatic carbocycles. The fourth-order valence-electron chi connectivity index (χ4n) is 1.42. The molecule has 0 bridgehead atoms. The van der Waals surface area contributed by atoms with Crippen LogP contribution < -0.4 is 4.76 Å². The second kappa shape index (κ2) is 2.80. The number of quaternary nitrogens is 1. The number of halogens is 1. The Morgan fingerprint density at radius 1 is 1.54 bits per heavy atom. The van der Waals surface area contributed by atoms with Crippen molar-refractivity contribution < 1.29 is 0 Å². The first kappa shape index (κ1) is 8.69. The highest BCUT2D eigenvalue weighted by molar-refractivity contribution is 6.31. The molecule has 0 saturated heterocycles. The van der Waals surface area contributed by atoms with Crippen molar-refractivity contribution in [1.29, 1.82) is 0 Å². The second-order valence-corrected chi connectivity index (χ2v) is 3.40. The quantitative estimate of drug-likeness (QED) is 0.502. The van der Waals surface area contributed by atoms with E-state index in [2.05, 4.69) is 5.10 Å². The average molecular weight is 197 g/mol. The zero-order valence-electron chi connectivity index (χ0n) is 7.20. The Bertz CT molecular complexity index is 378. The summed E-state index contributed by atoms with van der Waals surface area (Å²) in [4.78, 5) is 0. The Kier molecular flexibility index (Phi) is 1.87. The van der Waals surface area contributed by atoms with Crippen LogP contribution in [0.15, 0.2) is 23.3 Å². The van der Waals surface area contributed by atoms with Gasteiger partial charge in [0.05, 0.1) is 11.8 Å². The van der Waals surface area contributed by atoms with Gasteiger partial charge in [-0.2, -0.15) is 4.76 Å². The van der Waals surface area contributed by atoms with Crippen LogP contribution in [0, 0.1) is 5.21 Å². The van der Waals surface area contributed by atoms with Gasteiger partial charge in [-0.3, -0.25) is 0 Å². The van der Waals surface area contributed by atoms with Crippen LogP contribution in [0.4, 0.5) is 5.69 Å². The average Bonchev–Trinajstić information content (AvgIpc) is 2.45. The Balaban J connectivity index is 2.55. The number of hydroxylamine groups is 1. The van der Waals surface area contributed by atoms with Gasteiger partial charge in [0.2, 0.25) is 0 Å². The predicted octanol–water partition coefficient (Wildman–Crippen LogP) is 2.51. The third-order valence-corrected chi connectivity index (χ3v) is 2.41. The molecule has 1 heterocycles. The van der Waals surface area contributed by atoms with E-state index in [0.717, 1.165) is 5.56 Å². The van der Waals surface area contributed by atoms with Crippen LogP contribution in [0.1, 0.15) is 12.5 Å². The normalized spacial score (nSPS) is 24.8. The van der Waals surface area contributed by atoms with Crippen molar-refractivity contribution in [1.82, 2.24) is 4.76 Å². The smallest absolute Gasteiger partial charge is 0.168 e. The van der Waals surface area contributed by atoms with E-state index in [0.29, 0.717) is 17.3 Å². The molecular formula is C9H9ClN2O. The molecule has 1 aliphatic heterocycles. The summed E-state index contributed by atoms with van der Waals surface area (Å²) in [5.74, 6) is 0. The molecule has 1 aromatic rings. The molecule has 0 amide bonds. The van der Waals surface area contributed by atoms with Gasteiger partial charge >= 0.3 is 0 Å². The minimum Gasteiger partial charge on any atom is -0.599 e. The molecule has 0 spiro atoms. The van der Waals surface area contributed by atoms with Crippen molar-refractivity contribution in [2.24, 2.45) is 5.10 Å². The lowest BCUT2D eigenvalue weighted by molar-refractivity contribution is 0.423. The van der Waals surface area contributed by atoms with Gasteiger partial charge in [-0.25, -0.2) is 0 Å². The SMILES string of the molecule is CC[N+]1([O-])N=Cc2cc(Cl)ccc21. The summed E-state index contributed by atoms with van der Waals surface area (Å²) in [6.45, 7) is 2.22. The van der Waals surface area contributed by atoms with Gasteiger partial charge in [0.15, 0.2) is 5.69 Å². The highest BCUT2D eigenvalue weighted by atomic mass is 35.5. The molecule has 2 rings (SSSR count). The molecular weight excluding hydrogens is 188 g/mol. The van der Waals surface area contributed by atoms with Crippen LogP contribution in [-0.2, 0) is 0 Å². The zero-order valence-corrected chi connectivity index (χ0v) is 7.95. The number of hydrogen-bond donors (Lipinski definition) is 0. The third kappa shape index (κ3) is 1.25. The Morgan fingerprint density at radius 2 is 2.31 bits per heavy atom. The first-order valence-corrected chi connectivity index (χ1v) is 4.48. The van der Waals surface area contributed by atoms with Crippen LogP contribution in [-0.4, -0.2) is 12.8 Å². The number of hydrogen-bond acceptors (Lipinski definition) is 2. The number of fused-ring (bicyclic) bond motifs is 1. The van der Waals surface area contributed by atoms with Gasteiger partial charge in [0.25, 0.3) is 0 Å². The van der Waals surface area contributed by atoms with E-state index in [-0.39, 0.29) is 0 Å². The summed E-state index contributed by atoms with van der Waals surface area (Å²) in [5.41, 5.74) is 1.50. The predicted molar refractivity (Wildman–Crippen MR) is 54.7 cm³/mol. The maximum atomic E-state index is 11.9. The molecule has 1 unspecified atom stereocenters. The first-order valence-electron chi connectivity index (χ1n) is 4.10. The third-order valence-electron chi connectivity index (χ3n) is 2.18. The molecule has 13 heavy (non-hydrogen) atoms. The van der Waals surface area contributed by atoms with Crippen LogP contribution >= 0.6 is 11.6 Å². The monoisotopic (exact) mass is 196 g/mol. The lowest BCUT2D eigenvalue weighted by atomic mass is 10.2. The van der Waals surface area contributed by atoms with Crippen molar-refractivity contribution in [3.05, 3.63) is 34.0 Å². The van der Waals surface area contributed by atoms with Gasteiger partial charge in [0.1, 0.15) is 6.54 Å². The summed E-state index contributed by atoms with van der Waals surface area (Å²) in [6.07, 6.45) is 1.58. The fraction of sp³-hybridized carbons (Fsp3) is 0.222. The molecule has 0 radical (unpaired) electrons. The summed E-state index contributed by atoms with van der Waals surface area (Å²) in [5, 5.41) is 16.4. The van der Waals surface area contributed by atoms with Gasteiger partial charge in [-0.05, 0) is 19.1 Å². The molecule has 1 aliphatic rings. The van der Waals surface area contributed by atoms with Crippen LogP contribution in [0.2, 0.25) is 5.02 Å². The maximum Gasteiger partial charge on any atom is 0.168 e. The van der Waals surface area contributed by atoms with E-state index in [4.69, 9.17) is 11.6 Å². The largest absolute Gasteiger partial charge is 0.599 e. The standard InChI is InChI=1S/C9H9ClN2O/c1-2-12(13)9-4-3-8(10)5-7(9)6-11-12/h3-6H,2H2,1H3. The lowest BCUT2D eigenvalue weighted by Crippen LogP contribution is -2.34. The molecule has 1 atom stereocenters. The highest BCUT2D eigenvalue weighted by Crippen LogP contribution is 2.32. The topological polar surface area (TPSA) is 35.4 Å². The van der Waals surface area contributed by atoms with Crippen molar-refractivity contribution >= 4 is 23.5 Å². The van der Waals surface area contributed by atoms with Gasteiger partial charge in [-0.15, -0.1) is 0 Å². The summed E-state index contributed by atoms with van der Waals surface area (Å²) >= 11 is 5.79. The summed E-state index contributed by atoms with van der Waals surface area (Å²) in [6, 6.07) is 5.21. The molecule has 1 aromatic carbocycles. The van der Waals surface area contributed by atoms with Crippen molar-refractivity contribution in [2.75, 3.05) is 6.54 Å². The summed E-state index contributed by atoms with van der Waals surface area (Å²) < 4.78 is -0.619. The van der Waals surface area contributed by atoms with E-state index in [1.807, 2.05) is 6.92 Å². The number of rotatable bonds is 1. The molecule has 0 N–H and O–H groups in total. The second-order valence-electron chi connectivity index (χ2n) is 2.97. The molecule has 4 heteroatoms. The van der Waals surface area contributed by atoms with Gasteiger partial charge in [-0.1, -0.05) is 16.7 Å². The first-order chi connectivity index (χ1) is 6.15. The minimum atomic E-state index is -0.619. The molecule has 0 saturated carbocycles. The Hall–Kier alpha value is -0.900. The van der Waals surface area contributed by atoms with E-state index >= 15 is 0 Å². The van der Waals surface area contributed by atoms with Crippen LogP contribution in [0.25, 0.3) is 0 Å². The van der Waals surface area contributed by atoms with E-state index < -0.39 is 4.76 Å². The highest BCUT2D eigenvalue weighted by Gasteiger charge is 2.26. The van der Waals surface area contributed by atoms with Crippen LogP contribution in [0.5, 0.6) is 0 Å². The van der Waals surface area contributed by atoms with E-state index in [1.165, 1.54) is 0 Å². The number of nitrogens with zero attached hydrogens (tertiary/aromatic N) is 2. The molecule has 0 aromatic heterocycles. The van der Waals surface area contributed by atoms with Crippen molar-refractivity contribution in [2.45, 2.75) is 6.92 Å². The summed E-state index contributed by atoms with van der Waals surface area (Å²) in [7, 11) is 0. The maximum absolute atomic E-state index is 11.9. The van der Waals surface area contributed by atoms with Gasteiger partial charge < -0.3 is 5.21 Å². The fourth-order valence-corrected chi connectivity index (χ4v) is 1.60. The number of benzene rings is 1. The van der Waals surface area contributed by atoms with E-state index in [9.17, 15) is 5.21 Å². The molecule has 68 valence electrons. The van der Waals surface area contributed by atoms with Crippen LogP contribution in [0.3, 0.4) is 0 Å². The molecule has 3 nitrogen and oxygen atoms in total. The Labute approximate surface area is 81.4 Å². The van der Waals surface area contributed by atoms with E-state index in [1.54, 1.807) is 24.4 Å². The van der Waals surface area contributed by atoms with Crippen molar-refractivity contribution in [3.8, 4) is 0 Å².